The van der Waals surface area contributed by atoms with E-state index < -0.39 is 12.1 Å². The molecule has 0 spiro atoms. The summed E-state index contributed by atoms with van der Waals surface area (Å²) in [7, 11) is 0. The summed E-state index contributed by atoms with van der Waals surface area (Å²) in [6.45, 7) is 11.2. The first-order valence-corrected chi connectivity index (χ1v) is 9.63. The van der Waals surface area contributed by atoms with Crippen LogP contribution in [-0.2, 0) is 9.53 Å². The molecule has 2 aromatic carbocycles. The number of ether oxygens (including phenoxy) is 1. The minimum atomic E-state index is -0.935. The van der Waals surface area contributed by atoms with Crippen LogP contribution in [0.4, 0.5) is 5.69 Å². The molecule has 5 heteroatoms. The molecule has 1 aromatic heterocycles. The number of amides is 1. The highest BCUT2D eigenvalue weighted by Gasteiger charge is 2.22. The number of hydrogen-bond donors (Lipinski definition) is 1. The van der Waals surface area contributed by atoms with E-state index in [-0.39, 0.29) is 5.91 Å². The molecule has 0 aliphatic carbocycles. The molecule has 1 atom stereocenters. The Bertz CT molecular complexity index is 1100. The van der Waals surface area contributed by atoms with Crippen LogP contribution in [0.5, 0.6) is 0 Å². The minimum absolute atomic E-state index is 0.365. The van der Waals surface area contributed by atoms with Crippen molar-refractivity contribution in [1.82, 2.24) is 4.98 Å². The summed E-state index contributed by atoms with van der Waals surface area (Å²) >= 11 is 0. The third kappa shape index (κ3) is 4.45. The molecule has 0 aliphatic rings. The van der Waals surface area contributed by atoms with Gasteiger partial charge >= 0.3 is 5.97 Å². The molecule has 0 aliphatic heterocycles. The number of pyridine rings is 1. The molecular formula is C24H26N2O3. The highest BCUT2D eigenvalue weighted by atomic mass is 16.5. The first-order valence-electron chi connectivity index (χ1n) is 9.63. The molecule has 0 radical (unpaired) electrons. The van der Waals surface area contributed by atoms with Crippen LogP contribution in [0.2, 0.25) is 0 Å². The monoisotopic (exact) mass is 390 g/mol. The smallest absolute Gasteiger partial charge is 0.340 e. The molecule has 0 bridgehead atoms. The fourth-order valence-corrected chi connectivity index (χ4v) is 3.48. The van der Waals surface area contributed by atoms with E-state index >= 15 is 0 Å². The predicted octanol–water partition coefficient (Wildman–Crippen LogP) is 4.96. The molecule has 1 unspecified atom stereocenters. The Morgan fingerprint density at radius 1 is 0.931 bits per heavy atom. The molecule has 3 aromatic rings. The summed E-state index contributed by atoms with van der Waals surface area (Å²) in [6.07, 6.45) is -0.935. The Morgan fingerprint density at radius 2 is 1.59 bits per heavy atom. The van der Waals surface area contributed by atoms with Crippen molar-refractivity contribution in [1.29, 1.82) is 0 Å². The second-order valence-electron chi connectivity index (χ2n) is 7.63. The lowest BCUT2D eigenvalue weighted by Gasteiger charge is -2.17. The number of aromatic nitrogens is 1. The van der Waals surface area contributed by atoms with Crippen molar-refractivity contribution < 1.29 is 14.3 Å². The lowest BCUT2D eigenvalue weighted by atomic mass is 10.0. The van der Waals surface area contributed by atoms with Gasteiger partial charge in [0.25, 0.3) is 5.91 Å². The summed E-state index contributed by atoms with van der Waals surface area (Å²) < 4.78 is 5.44. The summed E-state index contributed by atoms with van der Waals surface area (Å²) in [4.78, 5) is 29.8. The number of hydrogen-bond acceptors (Lipinski definition) is 4. The zero-order valence-corrected chi connectivity index (χ0v) is 17.7. The number of carbonyl (C=O) groups is 2. The molecule has 1 heterocycles. The molecule has 3 rings (SSSR count). The Kier molecular flexibility index (Phi) is 5.69. The van der Waals surface area contributed by atoms with E-state index in [2.05, 4.69) is 10.3 Å². The van der Waals surface area contributed by atoms with E-state index in [1.807, 2.05) is 58.0 Å². The van der Waals surface area contributed by atoms with Gasteiger partial charge in [-0.25, -0.2) is 4.79 Å². The number of anilines is 1. The maximum absolute atomic E-state index is 12.7. The molecule has 1 amide bonds. The highest BCUT2D eigenvalue weighted by molar-refractivity contribution is 5.99. The summed E-state index contributed by atoms with van der Waals surface area (Å²) in [5, 5.41) is 3.75. The minimum Gasteiger partial charge on any atom is -0.449 e. The fourth-order valence-electron chi connectivity index (χ4n) is 3.48. The van der Waals surface area contributed by atoms with Gasteiger partial charge < -0.3 is 10.1 Å². The maximum Gasteiger partial charge on any atom is 0.340 e. The predicted molar refractivity (Wildman–Crippen MR) is 115 cm³/mol. The summed E-state index contributed by atoms with van der Waals surface area (Å²) in [5.74, 6) is -0.922. The zero-order chi connectivity index (χ0) is 21.3. The van der Waals surface area contributed by atoms with Crippen molar-refractivity contribution in [2.24, 2.45) is 0 Å². The van der Waals surface area contributed by atoms with Gasteiger partial charge in [0.15, 0.2) is 6.10 Å². The Hall–Kier alpha value is -3.21. The summed E-state index contributed by atoms with van der Waals surface area (Å²) in [6, 6.07) is 11.7. The number of benzene rings is 2. The van der Waals surface area contributed by atoms with Gasteiger partial charge in [-0.1, -0.05) is 29.3 Å². The molecule has 1 N–H and O–H groups in total. The fraction of sp³-hybridized carbons (Fsp3) is 0.292. The van der Waals surface area contributed by atoms with Crippen LogP contribution >= 0.6 is 0 Å². The van der Waals surface area contributed by atoms with Gasteiger partial charge in [-0.3, -0.25) is 9.78 Å². The Morgan fingerprint density at radius 3 is 2.24 bits per heavy atom. The molecule has 5 nitrogen and oxygen atoms in total. The van der Waals surface area contributed by atoms with Crippen LogP contribution < -0.4 is 5.32 Å². The maximum atomic E-state index is 12.7. The summed E-state index contributed by atoms with van der Waals surface area (Å²) in [5.41, 5.74) is 6.67. The average Bonchev–Trinajstić information content (AvgIpc) is 2.64. The number of nitrogens with one attached hydrogen (secondary N) is 1. The normalized spacial score (nSPS) is 11.9. The number of esters is 1. The van der Waals surface area contributed by atoms with E-state index in [0.717, 1.165) is 38.8 Å². The van der Waals surface area contributed by atoms with Crippen molar-refractivity contribution in [3.63, 3.8) is 0 Å². The van der Waals surface area contributed by atoms with Crippen LogP contribution in [0.25, 0.3) is 10.9 Å². The van der Waals surface area contributed by atoms with Crippen molar-refractivity contribution in [3.05, 3.63) is 69.9 Å². The number of fused-ring (bicyclic) bond motifs is 1. The Balaban J connectivity index is 1.77. The van der Waals surface area contributed by atoms with Gasteiger partial charge in [0, 0.05) is 11.1 Å². The average molecular weight is 390 g/mol. The molecular weight excluding hydrogens is 364 g/mol. The van der Waals surface area contributed by atoms with Gasteiger partial charge in [-0.15, -0.1) is 0 Å². The molecule has 150 valence electrons. The topological polar surface area (TPSA) is 68.3 Å². The van der Waals surface area contributed by atoms with E-state index in [1.54, 1.807) is 19.9 Å². The first kappa shape index (κ1) is 20.5. The van der Waals surface area contributed by atoms with Crippen LogP contribution in [0, 0.1) is 34.6 Å². The number of rotatable bonds is 4. The van der Waals surface area contributed by atoms with Crippen LogP contribution in [0.15, 0.2) is 36.4 Å². The second kappa shape index (κ2) is 8.03. The standard InChI is InChI=1S/C24H26N2O3/c1-13-7-8-21-19(11-13)12-20(17(5)25-21)24(28)29-18(6)23(27)26-22-15(3)9-14(2)10-16(22)4/h7-12,18H,1-6H3,(H,26,27). The van der Waals surface area contributed by atoms with Gasteiger partial charge in [-0.2, -0.15) is 0 Å². The van der Waals surface area contributed by atoms with Crippen molar-refractivity contribution in [2.75, 3.05) is 5.32 Å². The molecule has 29 heavy (non-hydrogen) atoms. The molecule has 0 saturated heterocycles. The van der Waals surface area contributed by atoms with E-state index in [1.165, 1.54) is 0 Å². The quantitative estimate of drug-likeness (QED) is 0.639. The van der Waals surface area contributed by atoms with Crippen molar-refractivity contribution in [3.8, 4) is 0 Å². The van der Waals surface area contributed by atoms with Gasteiger partial charge in [0.05, 0.1) is 16.8 Å². The third-order valence-corrected chi connectivity index (χ3v) is 4.96. The SMILES string of the molecule is Cc1cc(C)c(NC(=O)C(C)OC(=O)c2cc3cc(C)ccc3nc2C)c(C)c1. The van der Waals surface area contributed by atoms with E-state index in [0.29, 0.717) is 11.3 Å². The lowest BCUT2D eigenvalue weighted by molar-refractivity contribution is -0.123. The first-order chi connectivity index (χ1) is 13.7. The van der Waals surface area contributed by atoms with Crippen molar-refractivity contribution in [2.45, 2.75) is 47.6 Å². The number of aryl methyl sites for hydroxylation is 5. The van der Waals surface area contributed by atoms with Crippen LogP contribution in [0.1, 0.15) is 45.2 Å². The largest absolute Gasteiger partial charge is 0.449 e. The van der Waals surface area contributed by atoms with Crippen LogP contribution in [-0.4, -0.2) is 23.0 Å². The third-order valence-electron chi connectivity index (χ3n) is 4.96. The van der Waals surface area contributed by atoms with E-state index in [4.69, 9.17) is 4.74 Å². The zero-order valence-electron chi connectivity index (χ0n) is 17.7. The van der Waals surface area contributed by atoms with E-state index in [9.17, 15) is 9.59 Å². The molecule has 0 fully saturated rings. The van der Waals surface area contributed by atoms with Crippen molar-refractivity contribution >= 4 is 28.5 Å². The number of carbonyl (C=O) groups excluding carboxylic acids is 2. The van der Waals surface area contributed by atoms with Crippen LogP contribution in [0.3, 0.4) is 0 Å². The highest BCUT2D eigenvalue weighted by Crippen LogP contribution is 2.23. The lowest BCUT2D eigenvalue weighted by Crippen LogP contribution is -2.30. The van der Waals surface area contributed by atoms with Gasteiger partial charge in [0.2, 0.25) is 0 Å². The second-order valence-corrected chi connectivity index (χ2v) is 7.63. The van der Waals surface area contributed by atoms with Gasteiger partial charge in [0.1, 0.15) is 0 Å². The number of nitrogens with zero attached hydrogens (tertiary/aromatic N) is 1. The van der Waals surface area contributed by atoms with Gasteiger partial charge in [-0.05, 0) is 70.9 Å². The molecule has 0 saturated carbocycles. The Labute approximate surface area is 171 Å².